The third-order valence-corrected chi connectivity index (χ3v) is 1.28. The molecule has 0 aliphatic rings. The second-order valence-electron chi connectivity index (χ2n) is 2.19. The number of aliphatic hydroxyl groups excluding tert-OH is 1. The largest absolute Gasteiger partial charge is 0.381 e. The third kappa shape index (κ3) is 1.74. The lowest BCUT2D eigenvalue weighted by atomic mass is 10.3. The standard InChI is InChI=1S/C6H8F2N2O/c1-10-3-2-4(9-10)5(11)6(7)8/h2-3,5-6,11H,1H3. The summed E-state index contributed by atoms with van der Waals surface area (Å²) in [5, 5.41) is 12.4. The van der Waals surface area contributed by atoms with Gasteiger partial charge in [-0.2, -0.15) is 5.10 Å². The lowest BCUT2D eigenvalue weighted by molar-refractivity contribution is -0.00847. The predicted molar refractivity (Wildman–Crippen MR) is 34.2 cm³/mol. The van der Waals surface area contributed by atoms with E-state index in [4.69, 9.17) is 5.11 Å². The molecule has 1 heterocycles. The van der Waals surface area contributed by atoms with Crippen LogP contribution in [0.2, 0.25) is 0 Å². The van der Waals surface area contributed by atoms with E-state index < -0.39 is 12.5 Å². The Bertz CT molecular complexity index is 236. The summed E-state index contributed by atoms with van der Waals surface area (Å²) in [7, 11) is 1.60. The van der Waals surface area contributed by atoms with Gasteiger partial charge in [-0.05, 0) is 6.07 Å². The van der Waals surface area contributed by atoms with Gasteiger partial charge in [-0.25, -0.2) is 8.78 Å². The number of rotatable bonds is 2. The molecule has 0 bridgehead atoms. The van der Waals surface area contributed by atoms with Crippen molar-refractivity contribution in [1.82, 2.24) is 9.78 Å². The number of nitrogens with zero attached hydrogens (tertiary/aromatic N) is 2. The van der Waals surface area contributed by atoms with Gasteiger partial charge in [0, 0.05) is 13.2 Å². The SMILES string of the molecule is Cn1ccc(C(O)C(F)F)n1. The van der Waals surface area contributed by atoms with Crippen molar-refractivity contribution in [2.24, 2.45) is 7.05 Å². The zero-order chi connectivity index (χ0) is 8.43. The first kappa shape index (κ1) is 8.13. The summed E-state index contributed by atoms with van der Waals surface area (Å²) >= 11 is 0. The van der Waals surface area contributed by atoms with Crippen LogP contribution in [-0.4, -0.2) is 21.3 Å². The van der Waals surface area contributed by atoms with Crippen molar-refractivity contribution in [1.29, 1.82) is 0 Å². The maximum absolute atomic E-state index is 11.8. The first-order chi connectivity index (χ1) is 5.11. The summed E-state index contributed by atoms with van der Waals surface area (Å²) < 4.78 is 25.0. The fourth-order valence-electron chi connectivity index (χ4n) is 0.720. The molecule has 1 unspecified atom stereocenters. The van der Waals surface area contributed by atoms with Gasteiger partial charge in [-0.1, -0.05) is 0 Å². The van der Waals surface area contributed by atoms with Crippen molar-refractivity contribution in [3.8, 4) is 0 Å². The van der Waals surface area contributed by atoms with E-state index in [9.17, 15) is 8.78 Å². The summed E-state index contributed by atoms with van der Waals surface area (Å²) in [6, 6.07) is 1.36. The average molecular weight is 162 g/mol. The van der Waals surface area contributed by atoms with Crippen LogP contribution in [0.1, 0.15) is 11.8 Å². The van der Waals surface area contributed by atoms with E-state index in [1.807, 2.05) is 0 Å². The molecule has 0 aliphatic heterocycles. The molecule has 11 heavy (non-hydrogen) atoms. The summed E-state index contributed by atoms with van der Waals surface area (Å²) in [6.07, 6.45) is -3.04. The molecule has 1 N–H and O–H groups in total. The van der Waals surface area contributed by atoms with Crippen LogP contribution in [0.4, 0.5) is 8.78 Å². The lowest BCUT2D eigenvalue weighted by Gasteiger charge is -2.04. The number of aryl methyl sites for hydroxylation is 1. The zero-order valence-corrected chi connectivity index (χ0v) is 5.91. The number of hydrogen-bond donors (Lipinski definition) is 1. The molecule has 3 nitrogen and oxygen atoms in total. The maximum Gasteiger partial charge on any atom is 0.269 e. The number of halogens is 2. The minimum atomic E-state index is -2.77. The molecule has 1 aromatic heterocycles. The van der Waals surface area contributed by atoms with Crippen LogP contribution in [0.3, 0.4) is 0 Å². The van der Waals surface area contributed by atoms with Gasteiger partial charge in [0.1, 0.15) is 0 Å². The smallest absolute Gasteiger partial charge is 0.269 e. The Morgan fingerprint density at radius 2 is 2.27 bits per heavy atom. The molecule has 0 saturated carbocycles. The topological polar surface area (TPSA) is 38.0 Å². The minimum absolute atomic E-state index is 0.00231. The molecule has 0 amide bonds. The Labute approximate surface area is 62.3 Å². The van der Waals surface area contributed by atoms with Crippen molar-refractivity contribution >= 4 is 0 Å². The first-order valence-corrected chi connectivity index (χ1v) is 3.07. The molecule has 0 aromatic carbocycles. The molecule has 1 rings (SSSR count). The van der Waals surface area contributed by atoms with E-state index in [2.05, 4.69) is 5.10 Å². The summed E-state index contributed by atoms with van der Waals surface area (Å²) in [5.74, 6) is 0. The third-order valence-electron chi connectivity index (χ3n) is 1.28. The van der Waals surface area contributed by atoms with Gasteiger partial charge in [-0.15, -0.1) is 0 Å². The second-order valence-corrected chi connectivity index (χ2v) is 2.19. The minimum Gasteiger partial charge on any atom is -0.381 e. The van der Waals surface area contributed by atoms with Crippen LogP contribution in [0.15, 0.2) is 12.3 Å². The summed E-state index contributed by atoms with van der Waals surface area (Å²) in [5.41, 5.74) is 0.00231. The van der Waals surface area contributed by atoms with Gasteiger partial charge in [0.25, 0.3) is 6.43 Å². The summed E-state index contributed by atoms with van der Waals surface area (Å²) in [4.78, 5) is 0. The van der Waals surface area contributed by atoms with E-state index in [-0.39, 0.29) is 5.69 Å². The number of hydrogen-bond acceptors (Lipinski definition) is 2. The van der Waals surface area contributed by atoms with E-state index in [1.165, 1.54) is 16.9 Å². The molecule has 62 valence electrons. The van der Waals surface area contributed by atoms with Crippen LogP contribution in [-0.2, 0) is 7.05 Å². The molecular weight excluding hydrogens is 154 g/mol. The zero-order valence-electron chi connectivity index (χ0n) is 5.91. The number of aromatic nitrogens is 2. The first-order valence-electron chi connectivity index (χ1n) is 3.07. The monoisotopic (exact) mass is 162 g/mol. The van der Waals surface area contributed by atoms with Gasteiger partial charge < -0.3 is 5.11 Å². The van der Waals surface area contributed by atoms with E-state index in [1.54, 1.807) is 7.05 Å². The Morgan fingerprint density at radius 1 is 1.64 bits per heavy atom. The van der Waals surface area contributed by atoms with Gasteiger partial charge in [0.05, 0.1) is 5.69 Å². The molecule has 0 radical (unpaired) electrons. The maximum atomic E-state index is 11.8. The lowest BCUT2D eigenvalue weighted by Crippen LogP contribution is -2.08. The number of aliphatic hydroxyl groups is 1. The normalized spacial score (nSPS) is 13.9. The van der Waals surface area contributed by atoms with E-state index >= 15 is 0 Å². The van der Waals surface area contributed by atoms with Gasteiger partial charge in [-0.3, -0.25) is 4.68 Å². The van der Waals surface area contributed by atoms with Crippen LogP contribution in [0, 0.1) is 0 Å². The fourth-order valence-corrected chi connectivity index (χ4v) is 0.720. The Kier molecular flexibility index (Phi) is 2.19. The van der Waals surface area contributed by atoms with Crippen molar-refractivity contribution in [2.75, 3.05) is 0 Å². The highest BCUT2D eigenvalue weighted by Gasteiger charge is 2.20. The second kappa shape index (κ2) is 2.96. The predicted octanol–water partition coefficient (Wildman–Crippen LogP) is 0.719. The quantitative estimate of drug-likeness (QED) is 0.695. The Hall–Kier alpha value is -0.970. The van der Waals surface area contributed by atoms with Crippen molar-refractivity contribution < 1.29 is 13.9 Å². The highest BCUT2D eigenvalue weighted by Crippen LogP contribution is 2.17. The molecule has 1 aromatic rings. The molecule has 0 spiro atoms. The van der Waals surface area contributed by atoms with Crippen molar-refractivity contribution in [3.63, 3.8) is 0 Å². The molecule has 1 atom stereocenters. The van der Waals surface area contributed by atoms with Crippen molar-refractivity contribution in [3.05, 3.63) is 18.0 Å². The van der Waals surface area contributed by atoms with E-state index in [0.717, 1.165) is 0 Å². The van der Waals surface area contributed by atoms with Gasteiger partial charge >= 0.3 is 0 Å². The highest BCUT2D eigenvalue weighted by atomic mass is 19.3. The highest BCUT2D eigenvalue weighted by molar-refractivity contribution is 5.03. The molecule has 0 aliphatic carbocycles. The van der Waals surface area contributed by atoms with Gasteiger partial charge in [0.2, 0.25) is 0 Å². The molecule has 0 saturated heterocycles. The van der Waals surface area contributed by atoms with Crippen molar-refractivity contribution in [2.45, 2.75) is 12.5 Å². The Balaban J connectivity index is 2.76. The average Bonchev–Trinajstić information content (AvgIpc) is 2.34. The van der Waals surface area contributed by atoms with Crippen LogP contribution < -0.4 is 0 Å². The number of alkyl halides is 2. The Morgan fingerprint density at radius 3 is 2.64 bits per heavy atom. The van der Waals surface area contributed by atoms with E-state index in [0.29, 0.717) is 0 Å². The van der Waals surface area contributed by atoms with Gasteiger partial charge in [0.15, 0.2) is 6.10 Å². The fraction of sp³-hybridized carbons (Fsp3) is 0.500. The molecular formula is C6H8F2N2O. The molecule has 5 heteroatoms. The molecule has 0 fully saturated rings. The van der Waals surface area contributed by atoms with Crippen LogP contribution in [0.25, 0.3) is 0 Å². The summed E-state index contributed by atoms with van der Waals surface area (Å²) in [6.45, 7) is 0. The van der Waals surface area contributed by atoms with Crippen LogP contribution >= 0.6 is 0 Å². The van der Waals surface area contributed by atoms with Crippen LogP contribution in [0.5, 0.6) is 0 Å².